The first kappa shape index (κ1) is 36.4. The largest absolute Gasteiger partial charge is 0.157 e. The topological polar surface area (TPSA) is 0 Å². The second-order valence-electron chi connectivity index (χ2n) is 15.6. The lowest BCUT2D eigenvalue weighted by molar-refractivity contribution is 0.751. The highest BCUT2D eigenvalue weighted by molar-refractivity contribution is 7.98. The molecule has 28 aliphatic rings. The highest BCUT2D eigenvalue weighted by Gasteiger charge is 2.15. The summed E-state index contributed by atoms with van der Waals surface area (Å²) in [6, 6.07) is 60.7. The van der Waals surface area contributed by atoms with Crippen LogP contribution in [0, 0.1) is 5.92 Å². The number of hydrogen-bond acceptors (Lipinski definition) is 3. The smallest absolute Gasteiger partial charge is 0.0187 e. The molecule has 27 aliphatic heterocycles. The van der Waals surface area contributed by atoms with E-state index in [0.29, 0.717) is 5.92 Å². The van der Waals surface area contributed by atoms with Gasteiger partial charge < -0.3 is 0 Å². The number of hydrogen-bond donors (Lipinski definition) is 0. The van der Waals surface area contributed by atoms with E-state index in [1.54, 1.807) is 0 Å². The van der Waals surface area contributed by atoms with E-state index in [9.17, 15) is 0 Å². The highest BCUT2D eigenvalue weighted by atomic mass is 32.2. The first-order chi connectivity index (χ1) is 28.1. The molecule has 0 radical (unpaired) electrons. The summed E-state index contributed by atoms with van der Waals surface area (Å²) >= 11 is 6.01. The quantitative estimate of drug-likeness (QED) is 0.150. The SMILES string of the molecule is C1=C[C@@H]2CC=C1c1cc3cc(c1)-c1ccc(cc1)CSCc1ccc(cc1)-c1cc(cc(c1)-c1ccc(cc1)CSC2)-c1ccc(cc1)CSCc1ccc-3cc1. The van der Waals surface area contributed by atoms with Gasteiger partial charge in [-0.3, -0.25) is 0 Å². The molecule has 0 saturated heterocycles. The van der Waals surface area contributed by atoms with Crippen molar-refractivity contribution in [1.82, 2.24) is 0 Å². The average Bonchev–Trinajstić information content (AvgIpc) is 3.27. The minimum absolute atomic E-state index is 0.541. The van der Waals surface area contributed by atoms with Crippen molar-refractivity contribution in [3.8, 4) is 55.6 Å². The summed E-state index contributed by atoms with van der Waals surface area (Å²) in [5.41, 5.74) is 22.0. The van der Waals surface area contributed by atoms with Crippen molar-refractivity contribution >= 4 is 40.9 Å². The van der Waals surface area contributed by atoms with Gasteiger partial charge in [-0.2, -0.15) is 35.3 Å². The molecule has 27 heterocycles. The molecule has 0 saturated carbocycles. The van der Waals surface area contributed by atoms with Gasteiger partial charge in [-0.25, -0.2) is 0 Å². The third-order valence-electron chi connectivity index (χ3n) is 11.5. The average molecular weight is 789 g/mol. The van der Waals surface area contributed by atoms with Gasteiger partial charge in [0.15, 0.2) is 0 Å². The Balaban J connectivity index is 1.09. The summed E-state index contributed by atoms with van der Waals surface area (Å²) in [6.07, 6.45) is 8.36. The minimum Gasteiger partial charge on any atom is -0.157 e. The van der Waals surface area contributed by atoms with Crippen LogP contribution in [0.5, 0.6) is 0 Å². The van der Waals surface area contributed by atoms with Gasteiger partial charge in [0.1, 0.15) is 0 Å². The molecule has 1 atom stereocenters. The predicted octanol–water partition coefficient (Wildman–Crippen LogP) is 15.4. The minimum atomic E-state index is 0.541. The molecule has 7 aromatic rings. The van der Waals surface area contributed by atoms with Gasteiger partial charge in [0.2, 0.25) is 0 Å². The van der Waals surface area contributed by atoms with Crippen LogP contribution in [0.4, 0.5) is 0 Å². The van der Waals surface area contributed by atoms with Crippen molar-refractivity contribution < 1.29 is 0 Å². The van der Waals surface area contributed by atoms with Gasteiger partial charge in [0, 0.05) is 34.5 Å². The molecule has 1 aliphatic carbocycles. The van der Waals surface area contributed by atoms with Crippen molar-refractivity contribution in [2.24, 2.45) is 5.92 Å². The molecule has 0 spiro atoms. The zero-order valence-corrected chi connectivity index (χ0v) is 34.4. The third-order valence-corrected chi connectivity index (χ3v) is 14.9. The Bertz CT molecular complexity index is 2440. The maximum atomic E-state index is 2.47. The van der Waals surface area contributed by atoms with Gasteiger partial charge in [0.25, 0.3) is 0 Å². The van der Waals surface area contributed by atoms with Crippen LogP contribution in [0.1, 0.15) is 39.8 Å². The Labute approximate surface area is 350 Å². The van der Waals surface area contributed by atoms with Crippen LogP contribution < -0.4 is 0 Å². The molecule has 7 aromatic carbocycles. The molecule has 0 amide bonds. The van der Waals surface area contributed by atoms with Crippen LogP contribution in [-0.4, -0.2) is 5.75 Å². The van der Waals surface area contributed by atoms with Gasteiger partial charge in [-0.1, -0.05) is 140 Å². The van der Waals surface area contributed by atoms with Gasteiger partial charge in [-0.15, -0.1) is 0 Å². The predicted molar refractivity (Wildman–Crippen MR) is 251 cm³/mol. The van der Waals surface area contributed by atoms with E-state index in [4.69, 9.17) is 0 Å². The molecule has 35 rings (SSSR count). The lowest BCUT2D eigenvalue weighted by atomic mass is 9.89. The van der Waals surface area contributed by atoms with Crippen LogP contribution >= 0.6 is 35.3 Å². The van der Waals surface area contributed by atoms with Crippen LogP contribution in [0.15, 0.2) is 176 Å². The van der Waals surface area contributed by atoms with Gasteiger partial charge >= 0.3 is 0 Å². The van der Waals surface area contributed by atoms with Crippen molar-refractivity contribution in [3.05, 3.63) is 209 Å². The Morgan fingerprint density at radius 3 is 0.912 bits per heavy atom. The maximum Gasteiger partial charge on any atom is 0.0187 e. The standard InChI is InChI=1S/C54H44S3/c1-13-43-14-2-37(1)31-55-32-38-3-15-46(16-4-38)52-28-53-30-54(29-52)48-23-11-42(12-24-48)36-57-34-40-7-19-45(20-8-40)51-26-49(43)25-50(27-51)44-17-5-39(6-18-44)33-56-35-41-9-21-47(53)22-10-41/h1-11,13-30,42H,12,31-36H2/t42-/m1/s1. The molecule has 0 nitrogen and oxygen atoms in total. The summed E-state index contributed by atoms with van der Waals surface area (Å²) < 4.78 is 0. The Morgan fingerprint density at radius 1 is 0.316 bits per heavy atom. The molecular formula is C54H44S3. The summed E-state index contributed by atoms with van der Waals surface area (Å²) in [7, 11) is 0. The monoisotopic (exact) mass is 788 g/mol. The van der Waals surface area contributed by atoms with Gasteiger partial charge in [0.05, 0.1) is 0 Å². The second kappa shape index (κ2) is 16.5. The maximum absolute atomic E-state index is 2.47. The lowest BCUT2D eigenvalue weighted by Gasteiger charge is -2.18. The normalized spacial score (nSPS) is 16.3. The van der Waals surface area contributed by atoms with E-state index in [0.717, 1.165) is 40.9 Å². The van der Waals surface area contributed by atoms with E-state index in [2.05, 4.69) is 176 Å². The van der Waals surface area contributed by atoms with Crippen molar-refractivity contribution in [3.63, 3.8) is 0 Å². The second-order valence-corrected chi connectivity index (χ2v) is 18.6. The number of thioether (sulfide) groups is 3. The molecule has 0 unspecified atom stereocenters. The van der Waals surface area contributed by atoms with E-state index in [1.807, 2.05) is 35.3 Å². The van der Waals surface area contributed by atoms with Gasteiger partial charge in [-0.05, 0) is 143 Å². The number of allylic oxidation sites excluding steroid dienone is 4. The fraction of sp³-hybridized carbons (Fsp3) is 0.148. The van der Waals surface area contributed by atoms with E-state index >= 15 is 0 Å². The van der Waals surface area contributed by atoms with Crippen molar-refractivity contribution in [1.29, 1.82) is 0 Å². The first-order valence-electron chi connectivity index (χ1n) is 20.0. The fourth-order valence-corrected chi connectivity index (χ4v) is 11.1. The third kappa shape index (κ3) is 8.39. The summed E-state index contributed by atoms with van der Waals surface area (Å²) in [6.45, 7) is 0. The van der Waals surface area contributed by atoms with Crippen LogP contribution in [-0.2, 0) is 28.8 Å². The van der Waals surface area contributed by atoms with Crippen LogP contribution in [0.25, 0.3) is 61.2 Å². The molecular weight excluding hydrogens is 745 g/mol. The Morgan fingerprint density at radius 2 is 0.614 bits per heavy atom. The zero-order valence-electron chi connectivity index (χ0n) is 32.0. The molecule has 278 valence electrons. The molecule has 0 N–H and O–H groups in total. The lowest BCUT2D eigenvalue weighted by Crippen LogP contribution is -2.03. The molecule has 0 fully saturated rings. The van der Waals surface area contributed by atoms with Crippen molar-refractivity contribution in [2.75, 3.05) is 5.75 Å². The Kier molecular flexibility index (Phi) is 10.5. The van der Waals surface area contributed by atoms with Crippen LogP contribution in [0.2, 0.25) is 0 Å². The Hall–Kier alpha value is -4.93. The molecule has 0 aromatic heterocycles. The zero-order chi connectivity index (χ0) is 38.0. The van der Waals surface area contributed by atoms with E-state index in [1.165, 1.54) is 94.6 Å². The van der Waals surface area contributed by atoms with E-state index < -0.39 is 0 Å². The molecule has 18 bridgehead atoms. The highest BCUT2D eigenvalue weighted by Crippen LogP contribution is 2.37. The van der Waals surface area contributed by atoms with Crippen LogP contribution in [0.3, 0.4) is 0 Å². The summed E-state index contributed by atoms with van der Waals surface area (Å²) in [4.78, 5) is 0. The number of benzene rings is 7. The first-order valence-corrected chi connectivity index (χ1v) is 23.5. The summed E-state index contributed by atoms with van der Waals surface area (Å²) in [5, 5.41) is 0. The molecule has 3 heteroatoms. The molecule has 57 heavy (non-hydrogen) atoms. The summed E-state index contributed by atoms with van der Waals surface area (Å²) in [5.74, 6) is 6.61. The van der Waals surface area contributed by atoms with Crippen molar-refractivity contribution in [2.45, 2.75) is 35.2 Å². The fourth-order valence-electron chi connectivity index (χ4n) is 8.13. The number of rotatable bonds is 0. The van der Waals surface area contributed by atoms with E-state index in [-0.39, 0.29) is 0 Å².